The van der Waals surface area contributed by atoms with E-state index in [1.54, 1.807) is 6.07 Å². The van der Waals surface area contributed by atoms with Gasteiger partial charge in [-0.2, -0.15) is 0 Å². The molecule has 2 amide bonds. The van der Waals surface area contributed by atoms with Crippen LogP contribution >= 0.6 is 11.8 Å². The molecule has 28 heavy (non-hydrogen) atoms. The number of amidine groups is 1. The molecule has 1 heterocycles. The van der Waals surface area contributed by atoms with Gasteiger partial charge in [-0.3, -0.25) is 19.7 Å². The van der Waals surface area contributed by atoms with Crippen LogP contribution in [0, 0.1) is 24.0 Å². The number of amides is 2. The first-order valence-corrected chi connectivity index (χ1v) is 9.38. The highest BCUT2D eigenvalue weighted by molar-refractivity contribution is 8.15. The summed E-state index contributed by atoms with van der Waals surface area (Å²) in [5.41, 5.74) is 2.98. The molecule has 1 aliphatic heterocycles. The van der Waals surface area contributed by atoms with E-state index in [-0.39, 0.29) is 18.0 Å². The van der Waals surface area contributed by atoms with Crippen LogP contribution in [-0.2, 0) is 9.59 Å². The molecule has 2 aromatic rings. The fraction of sp³-hybridized carbons (Fsp3) is 0.211. The highest BCUT2D eigenvalue weighted by Gasteiger charge is 2.32. The van der Waals surface area contributed by atoms with Gasteiger partial charge in [0.05, 0.1) is 10.6 Å². The molecule has 0 unspecified atom stereocenters. The minimum Gasteiger partial charge on any atom is -0.326 e. The van der Waals surface area contributed by atoms with Crippen molar-refractivity contribution in [2.75, 3.05) is 5.32 Å². The van der Waals surface area contributed by atoms with Gasteiger partial charge in [0.2, 0.25) is 11.8 Å². The van der Waals surface area contributed by atoms with Gasteiger partial charge in [-0.1, -0.05) is 36.0 Å². The smallest absolute Gasteiger partial charge is 0.271 e. The van der Waals surface area contributed by atoms with Gasteiger partial charge >= 0.3 is 0 Å². The van der Waals surface area contributed by atoms with E-state index in [0.717, 1.165) is 16.8 Å². The summed E-state index contributed by atoms with van der Waals surface area (Å²) in [5, 5.41) is 16.0. The van der Waals surface area contributed by atoms with Crippen LogP contribution in [0.1, 0.15) is 17.5 Å². The number of thioether (sulfide) groups is 1. The summed E-state index contributed by atoms with van der Waals surface area (Å²) in [6.45, 7) is 3.88. The second-order valence-electron chi connectivity index (χ2n) is 6.31. The fourth-order valence-corrected chi connectivity index (χ4v) is 3.73. The quantitative estimate of drug-likeness (QED) is 0.591. The minimum atomic E-state index is -0.609. The maximum absolute atomic E-state index is 12.3. The Morgan fingerprint density at radius 3 is 2.61 bits per heavy atom. The van der Waals surface area contributed by atoms with Crippen molar-refractivity contribution in [2.24, 2.45) is 4.99 Å². The predicted octanol–water partition coefficient (Wildman–Crippen LogP) is 3.46. The Labute approximate surface area is 165 Å². The van der Waals surface area contributed by atoms with E-state index < -0.39 is 16.1 Å². The number of nitro groups is 1. The second kappa shape index (κ2) is 8.22. The van der Waals surface area contributed by atoms with Gasteiger partial charge in [-0.15, -0.1) is 0 Å². The summed E-state index contributed by atoms with van der Waals surface area (Å²) in [4.78, 5) is 39.3. The zero-order valence-corrected chi connectivity index (χ0v) is 16.1. The van der Waals surface area contributed by atoms with Gasteiger partial charge in [0.25, 0.3) is 5.69 Å². The van der Waals surface area contributed by atoms with Crippen molar-refractivity contribution in [1.82, 2.24) is 5.32 Å². The number of non-ortho nitro benzene ring substituents is 1. The third-order valence-electron chi connectivity index (χ3n) is 4.14. The van der Waals surface area contributed by atoms with E-state index in [1.807, 2.05) is 32.0 Å². The highest BCUT2D eigenvalue weighted by atomic mass is 32.2. The largest absolute Gasteiger partial charge is 0.326 e. The molecule has 2 aromatic carbocycles. The molecule has 0 saturated carbocycles. The number of benzene rings is 2. The van der Waals surface area contributed by atoms with Gasteiger partial charge in [0, 0.05) is 24.2 Å². The average Bonchev–Trinajstić information content (AvgIpc) is 2.97. The number of hydrogen-bond donors (Lipinski definition) is 2. The molecule has 9 heteroatoms. The first kappa shape index (κ1) is 19.6. The molecule has 0 aliphatic carbocycles. The molecule has 0 spiro atoms. The summed E-state index contributed by atoms with van der Waals surface area (Å²) in [6, 6.07) is 11.5. The topological polar surface area (TPSA) is 114 Å². The SMILES string of the molecule is Cc1cccc(C)c1N=C1NC(=O)[C@@H](CC(=O)Nc2cccc([N+](=O)[O-])c2)S1. The van der Waals surface area contributed by atoms with Gasteiger partial charge in [0.1, 0.15) is 5.25 Å². The third-order valence-corrected chi connectivity index (χ3v) is 5.22. The van der Waals surface area contributed by atoms with Crippen molar-refractivity contribution in [3.05, 3.63) is 63.7 Å². The van der Waals surface area contributed by atoms with Crippen molar-refractivity contribution in [3.8, 4) is 0 Å². The Balaban J connectivity index is 1.66. The van der Waals surface area contributed by atoms with Gasteiger partial charge < -0.3 is 10.6 Å². The Kier molecular flexibility index (Phi) is 5.74. The highest BCUT2D eigenvalue weighted by Crippen LogP contribution is 2.29. The monoisotopic (exact) mass is 398 g/mol. The number of para-hydroxylation sites is 1. The lowest BCUT2D eigenvalue weighted by atomic mass is 10.1. The number of nitrogens with one attached hydrogen (secondary N) is 2. The van der Waals surface area contributed by atoms with Crippen molar-refractivity contribution >= 4 is 45.8 Å². The van der Waals surface area contributed by atoms with Gasteiger partial charge in [-0.05, 0) is 31.0 Å². The molecule has 1 fully saturated rings. The first-order chi connectivity index (χ1) is 13.3. The lowest BCUT2D eigenvalue weighted by Gasteiger charge is -2.07. The van der Waals surface area contributed by atoms with Gasteiger partial charge in [-0.25, -0.2) is 4.99 Å². The Morgan fingerprint density at radius 1 is 1.25 bits per heavy atom. The molecule has 0 radical (unpaired) electrons. The minimum absolute atomic E-state index is 0.0645. The van der Waals surface area contributed by atoms with Crippen molar-refractivity contribution in [2.45, 2.75) is 25.5 Å². The second-order valence-corrected chi connectivity index (χ2v) is 7.50. The summed E-state index contributed by atoms with van der Waals surface area (Å²) < 4.78 is 0. The van der Waals surface area contributed by atoms with Crippen molar-refractivity contribution in [1.29, 1.82) is 0 Å². The zero-order valence-electron chi connectivity index (χ0n) is 15.3. The van der Waals surface area contributed by atoms with Crippen LogP contribution in [0.15, 0.2) is 47.5 Å². The lowest BCUT2D eigenvalue weighted by molar-refractivity contribution is -0.384. The van der Waals surface area contributed by atoms with E-state index in [4.69, 9.17) is 0 Å². The average molecular weight is 398 g/mol. The molecule has 0 bridgehead atoms. The van der Waals surface area contributed by atoms with Crippen LogP contribution in [0.5, 0.6) is 0 Å². The number of nitro benzene ring substituents is 1. The molecular formula is C19H18N4O4S. The zero-order chi connectivity index (χ0) is 20.3. The van der Waals surface area contributed by atoms with E-state index in [9.17, 15) is 19.7 Å². The summed E-state index contributed by atoms with van der Waals surface area (Å²) >= 11 is 1.20. The van der Waals surface area contributed by atoms with Crippen LogP contribution in [0.4, 0.5) is 17.1 Å². The van der Waals surface area contributed by atoms with Crippen LogP contribution in [0.25, 0.3) is 0 Å². The molecule has 1 aliphatic rings. The summed E-state index contributed by atoms with van der Waals surface area (Å²) in [7, 11) is 0. The number of rotatable bonds is 5. The Morgan fingerprint density at radius 2 is 1.93 bits per heavy atom. The number of aryl methyl sites for hydroxylation is 2. The third kappa shape index (κ3) is 4.55. The van der Waals surface area contributed by atoms with E-state index in [1.165, 1.54) is 30.0 Å². The van der Waals surface area contributed by atoms with Crippen LogP contribution < -0.4 is 10.6 Å². The van der Waals surface area contributed by atoms with E-state index >= 15 is 0 Å². The number of nitrogens with zero attached hydrogens (tertiary/aromatic N) is 2. The van der Waals surface area contributed by atoms with E-state index in [0.29, 0.717) is 10.9 Å². The molecule has 2 N–H and O–H groups in total. The molecule has 1 saturated heterocycles. The normalized spacial score (nSPS) is 17.4. The Bertz CT molecular complexity index is 969. The standard InChI is InChI=1S/C19H18N4O4S/c1-11-5-3-6-12(2)17(11)21-19-22-18(25)15(28-19)10-16(24)20-13-7-4-8-14(9-13)23(26)27/h3-9,15H,10H2,1-2H3,(H,20,24)(H,21,22,25)/t15-/m1/s1. The molecule has 0 aromatic heterocycles. The molecule has 144 valence electrons. The van der Waals surface area contributed by atoms with Crippen LogP contribution in [0.3, 0.4) is 0 Å². The molecule has 3 rings (SSSR count). The van der Waals surface area contributed by atoms with Crippen molar-refractivity contribution in [3.63, 3.8) is 0 Å². The first-order valence-electron chi connectivity index (χ1n) is 8.50. The summed E-state index contributed by atoms with van der Waals surface area (Å²) in [5.74, 6) is -0.689. The maximum atomic E-state index is 12.3. The maximum Gasteiger partial charge on any atom is 0.271 e. The molecule has 8 nitrogen and oxygen atoms in total. The summed E-state index contributed by atoms with van der Waals surface area (Å²) in [6.07, 6.45) is -0.0645. The predicted molar refractivity (Wildman–Crippen MR) is 109 cm³/mol. The van der Waals surface area contributed by atoms with E-state index in [2.05, 4.69) is 15.6 Å². The number of anilines is 1. The molecule has 1 atom stereocenters. The number of aliphatic imine (C=N–C) groups is 1. The van der Waals surface area contributed by atoms with Crippen LogP contribution in [-0.4, -0.2) is 27.2 Å². The molecular weight excluding hydrogens is 380 g/mol. The lowest BCUT2D eigenvalue weighted by Crippen LogP contribution is -2.28. The number of carbonyl (C=O) groups excluding carboxylic acids is 2. The fourth-order valence-electron chi connectivity index (χ4n) is 2.75. The van der Waals surface area contributed by atoms with Crippen molar-refractivity contribution < 1.29 is 14.5 Å². The van der Waals surface area contributed by atoms with Gasteiger partial charge in [0.15, 0.2) is 5.17 Å². The number of hydrogen-bond acceptors (Lipinski definition) is 6. The number of carbonyl (C=O) groups is 2. The Hall–Kier alpha value is -3.20. The van der Waals surface area contributed by atoms with Crippen LogP contribution in [0.2, 0.25) is 0 Å².